The number of amides is 1. The van der Waals surface area contributed by atoms with E-state index in [9.17, 15) is 4.79 Å². The van der Waals surface area contributed by atoms with Gasteiger partial charge in [0, 0.05) is 34.1 Å². The summed E-state index contributed by atoms with van der Waals surface area (Å²) >= 11 is 1.56. The number of carbonyl (C=O) groups excluding carboxylic acids is 1. The summed E-state index contributed by atoms with van der Waals surface area (Å²) in [5.74, 6) is 0.897. The van der Waals surface area contributed by atoms with Gasteiger partial charge in [-0.25, -0.2) is 4.98 Å². The zero-order valence-corrected chi connectivity index (χ0v) is 19.1. The Labute approximate surface area is 190 Å². The van der Waals surface area contributed by atoms with Crippen molar-refractivity contribution in [1.82, 2.24) is 25.3 Å². The standard InChI is InChI=1S/C24H23N5O2S/c1-14-5-6-20(12-25-14)31-21-8-18(7-19(9-21)24-28-11-16(3)32-24)23(30)29-17(4)22-13-26-15(2)10-27-22/h5-13,17H,1-4H3,(H,29,30)/t17-/m1/s1. The predicted octanol–water partition coefficient (Wildman–Crippen LogP) is 5.20. The lowest BCUT2D eigenvalue weighted by Gasteiger charge is -2.15. The molecule has 4 aromatic rings. The zero-order chi connectivity index (χ0) is 22.7. The molecule has 0 aliphatic heterocycles. The second-order valence-electron chi connectivity index (χ2n) is 7.54. The van der Waals surface area contributed by atoms with Gasteiger partial charge in [-0.3, -0.25) is 19.7 Å². The van der Waals surface area contributed by atoms with Crippen LogP contribution in [0.4, 0.5) is 0 Å². The van der Waals surface area contributed by atoms with Gasteiger partial charge in [-0.05, 0) is 58.0 Å². The molecule has 0 aliphatic rings. The van der Waals surface area contributed by atoms with E-state index in [4.69, 9.17) is 4.74 Å². The Morgan fingerprint density at radius 1 is 0.906 bits per heavy atom. The summed E-state index contributed by atoms with van der Waals surface area (Å²) in [6, 6.07) is 8.84. The van der Waals surface area contributed by atoms with Crippen molar-refractivity contribution >= 4 is 17.2 Å². The fourth-order valence-corrected chi connectivity index (χ4v) is 3.78. The average molecular weight is 446 g/mol. The van der Waals surface area contributed by atoms with Gasteiger partial charge >= 0.3 is 0 Å². The zero-order valence-electron chi connectivity index (χ0n) is 18.3. The Kier molecular flexibility index (Phi) is 6.23. The van der Waals surface area contributed by atoms with Crippen LogP contribution in [-0.2, 0) is 0 Å². The summed E-state index contributed by atoms with van der Waals surface area (Å²) in [6.07, 6.45) is 6.83. The lowest BCUT2D eigenvalue weighted by atomic mass is 10.1. The number of carbonyl (C=O) groups is 1. The van der Waals surface area contributed by atoms with Crippen LogP contribution >= 0.6 is 11.3 Å². The number of hydrogen-bond acceptors (Lipinski definition) is 7. The number of nitrogens with zero attached hydrogens (tertiary/aromatic N) is 4. The summed E-state index contributed by atoms with van der Waals surface area (Å²) in [7, 11) is 0. The third-order valence-corrected chi connectivity index (χ3v) is 5.71. The van der Waals surface area contributed by atoms with Gasteiger partial charge in [-0.2, -0.15) is 0 Å². The molecule has 0 saturated heterocycles. The SMILES string of the molecule is Cc1ccc(Oc2cc(C(=O)N[C@H](C)c3cnc(C)cn3)cc(-c3ncc(C)s3)c2)cn1. The van der Waals surface area contributed by atoms with Gasteiger partial charge < -0.3 is 10.1 Å². The van der Waals surface area contributed by atoms with Gasteiger partial charge in [0.1, 0.15) is 16.5 Å². The summed E-state index contributed by atoms with van der Waals surface area (Å²) in [5, 5.41) is 3.81. The molecule has 32 heavy (non-hydrogen) atoms. The Hall–Kier alpha value is -3.65. The summed E-state index contributed by atoms with van der Waals surface area (Å²) in [6.45, 7) is 7.66. The quantitative estimate of drug-likeness (QED) is 0.438. The van der Waals surface area contributed by atoms with Crippen LogP contribution in [-0.4, -0.2) is 25.8 Å². The molecule has 0 saturated carbocycles. The van der Waals surface area contributed by atoms with Crippen molar-refractivity contribution in [3.8, 4) is 22.1 Å². The minimum atomic E-state index is -0.299. The van der Waals surface area contributed by atoms with E-state index >= 15 is 0 Å². The second-order valence-corrected chi connectivity index (χ2v) is 8.77. The third kappa shape index (κ3) is 5.15. The van der Waals surface area contributed by atoms with Gasteiger partial charge in [-0.1, -0.05) is 0 Å². The maximum absolute atomic E-state index is 13.1. The van der Waals surface area contributed by atoms with E-state index < -0.39 is 0 Å². The first kappa shape index (κ1) is 21.6. The van der Waals surface area contributed by atoms with Crippen LogP contribution in [0.25, 0.3) is 10.6 Å². The molecule has 8 heteroatoms. The first-order chi connectivity index (χ1) is 15.4. The maximum atomic E-state index is 13.1. The van der Waals surface area contributed by atoms with Crippen molar-refractivity contribution in [3.63, 3.8) is 0 Å². The molecule has 1 N–H and O–H groups in total. The molecule has 7 nitrogen and oxygen atoms in total. The minimum Gasteiger partial charge on any atom is -0.456 e. The molecule has 1 aromatic carbocycles. The minimum absolute atomic E-state index is 0.234. The maximum Gasteiger partial charge on any atom is 0.251 e. The molecule has 0 fully saturated rings. The van der Waals surface area contributed by atoms with Crippen LogP contribution in [0.5, 0.6) is 11.5 Å². The third-order valence-electron chi connectivity index (χ3n) is 4.75. The fraction of sp³-hybridized carbons (Fsp3) is 0.208. The van der Waals surface area contributed by atoms with Gasteiger partial charge in [0.15, 0.2) is 0 Å². The largest absolute Gasteiger partial charge is 0.456 e. The number of ether oxygens (including phenoxy) is 1. The Bertz CT molecular complexity index is 1240. The van der Waals surface area contributed by atoms with Gasteiger partial charge in [0.2, 0.25) is 0 Å². The number of aryl methyl sites for hydroxylation is 3. The highest BCUT2D eigenvalue weighted by Crippen LogP contribution is 2.31. The van der Waals surface area contributed by atoms with Gasteiger partial charge in [0.05, 0.1) is 29.8 Å². The molecule has 3 heterocycles. The molecule has 1 atom stereocenters. The molecule has 0 bridgehead atoms. The highest BCUT2D eigenvalue weighted by molar-refractivity contribution is 7.14. The summed E-state index contributed by atoms with van der Waals surface area (Å²) in [5.41, 5.74) is 3.70. The van der Waals surface area contributed by atoms with Crippen molar-refractivity contribution in [2.75, 3.05) is 0 Å². The molecule has 4 rings (SSSR count). The van der Waals surface area contributed by atoms with Crippen molar-refractivity contribution in [2.24, 2.45) is 0 Å². The first-order valence-electron chi connectivity index (χ1n) is 10.1. The normalized spacial score (nSPS) is 11.8. The second kappa shape index (κ2) is 9.23. The number of pyridine rings is 1. The highest BCUT2D eigenvalue weighted by atomic mass is 32.1. The number of aromatic nitrogens is 4. The lowest BCUT2D eigenvalue weighted by Crippen LogP contribution is -2.27. The van der Waals surface area contributed by atoms with Gasteiger partial charge in [0.25, 0.3) is 5.91 Å². The van der Waals surface area contributed by atoms with E-state index in [0.717, 1.165) is 26.8 Å². The van der Waals surface area contributed by atoms with Crippen molar-refractivity contribution in [3.05, 3.63) is 82.6 Å². The van der Waals surface area contributed by atoms with E-state index in [0.29, 0.717) is 22.8 Å². The van der Waals surface area contributed by atoms with Crippen LogP contribution in [0.2, 0.25) is 0 Å². The number of nitrogens with one attached hydrogen (secondary N) is 1. The van der Waals surface area contributed by atoms with E-state index in [1.165, 1.54) is 0 Å². The first-order valence-corrected chi connectivity index (χ1v) is 11.0. The average Bonchev–Trinajstić information content (AvgIpc) is 3.22. The molecular weight excluding hydrogens is 422 g/mol. The van der Waals surface area contributed by atoms with Crippen molar-refractivity contribution in [1.29, 1.82) is 0 Å². The highest BCUT2D eigenvalue weighted by Gasteiger charge is 2.16. The smallest absolute Gasteiger partial charge is 0.251 e. The Morgan fingerprint density at radius 2 is 1.72 bits per heavy atom. The van der Waals surface area contributed by atoms with Crippen LogP contribution in [0.15, 0.2) is 55.1 Å². The van der Waals surface area contributed by atoms with Gasteiger partial charge in [-0.15, -0.1) is 11.3 Å². The molecule has 0 aliphatic carbocycles. The van der Waals surface area contributed by atoms with Crippen molar-refractivity contribution < 1.29 is 9.53 Å². The number of benzene rings is 1. The monoisotopic (exact) mass is 445 g/mol. The van der Waals surface area contributed by atoms with E-state index in [1.54, 1.807) is 36.0 Å². The number of thiazole rings is 1. The molecule has 0 unspecified atom stereocenters. The fourth-order valence-electron chi connectivity index (χ4n) is 3.03. The molecule has 162 valence electrons. The summed E-state index contributed by atoms with van der Waals surface area (Å²) in [4.78, 5) is 31.5. The Balaban J connectivity index is 1.64. The van der Waals surface area contributed by atoms with Crippen LogP contribution in [0.1, 0.15) is 45.3 Å². The number of rotatable bonds is 6. The molecule has 3 aromatic heterocycles. The van der Waals surface area contributed by atoms with Crippen LogP contribution < -0.4 is 10.1 Å². The van der Waals surface area contributed by atoms with Crippen LogP contribution in [0, 0.1) is 20.8 Å². The predicted molar refractivity (Wildman–Crippen MR) is 124 cm³/mol. The van der Waals surface area contributed by atoms with E-state index in [1.807, 2.05) is 58.2 Å². The van der Waals surface area contributed by atoms with E-state index in [2.05, 4.69) is 25.3 Å². The summed E-state index contributed by atoms with van der Waals surface area (Å²) < 4.78 is 6.01. The van der Waals surface area contributed by atoms with Crippen molar-refractivity contribution in [2.45, 2.75) is 33.7 Å². The topological polar surface area (TPSA) is 89.9 Å². The lowest BCUT2D eigenvalue weighted by molar-refractivity contribution is 0.0939. The molecular formula is C24H23N5O2S. The van der Waals surface area contributed by atoms with E-state index in [-0.39, 0.29) is 11.9 Å². The number of hydrogen-bond donors (Lipinski definition) is 1. The molecule has 1 amide bonds. The molecule has 0 spiro atoms. The molecule has 0 radical (unpaired) electrons. The Morgan fingerprint density at radius 3 is 2.38 bits per heavy atom. The van der Waals surface area contributed by atoms with Crippen LogP contribution in [0.3, 0.4) is 0 Å².